The largest absolute Gasteiger partial charge is 0.465 e. The second kappa shape index (κ2) is 8.01. The maximum atomic E-state index is 11.1. The Kier molecular flexibility index (Phi) is 7.63. The van der Waals surface area contributed by atoms with Gasteiger partial charge in [0.2, 0.25) is 0 Å². The lowest BCUT2D eigenvalue weighted by molar-refractivity contribution is -0.145. The van der Waals surface area contributed by atoms with Gasteiger partial charge in [0.05, 0.1) is 6.61 Å². The van der Waals surface area contributed by atoms with Gasteiger partial charge < -0.3 is 16.2 Å². The fraction of sp³-hybridized carbons (Fsp3) is 0.889. The molecule has 0 radical (unpaired) electrons. The molecule has 1 atom stereocenters. The quantitative estimate of drug-likeness (QED) is 0.447. The van der Waals surface area contributed by atoms with Crippen molar-refractivity contribution in [3.05, 3.63) is 0 Å². The highest BCUT2D eigenvalue weighted by atomic mass is 16.5. The molecule has 0 aliphatic heterocycles. The van der Waals surface area contributed by atoms with Gasteiger partial charge in [-0.2, -0.15) is 0 Å². The molecule has 0 aliphatic carbocycles. The van der Waals surface area contributed by atoms with Crippen LogP contribution in [-0.2, 0) is 9.53 Å². The molecule has 4 heteroatoms. The normalized spacial score (nSPS) is 12.5. The summed E-state index contributed by atoms with van der Waals surface area (Å²) in [7, 11) is 0. The van der Waals surface area contributed by atoms with Crippen molar-refractivity contribution in [2.24, 2.45) is 11.5 Å². The Hall–Kier alpha value is -0.610. The average Bonchev–Trinajstić information content (AvgIpc) is 2.14. The molecule has 0 aliphatic rings. The van der Waals surface area contributed by atoms with E-state index in [1.807, 2.05) is 6.92 Å². The zero-order valence-electron chi connectivity index (χ0n) is 8.29. The first-order valence-corrected chi connectivity index (χ1v) is 4.84. The minimum atomic E-state index is -0.500. The smallest absolute Gasteiger partial charge is 0.322 e. The van der Waals surface area contributed by atoms with Crippen LogP contribution >= 0.6 is 0 Å². The molecule has 0 aromatic carbocycles. The van der Waals surface area contributed by atoms with Gasteiger partial charge >= 0.3 is 5.97 Å². The fourth-order valence-electron chi connectivity index (χ4n) is 0.880. The first-order chi connectivity index (χ1) is 6.22. The summed E-state index contributed by atoms with van der Waals surface area (Å²) < 4.78 is 4.94. The Morgan fingerprint density at radius 1 is 1.46 bits per heavy atom. The molecular formula is C9H20N2O2. The average molecular weight is 188 g/mol. The molecule has 0 fully saturated rings. The second-order valence-corrected chi connectivity index (χ2v) is 3.06. The Morgan fingerprint density at radius 2 is 2.15 bits per heavy atom. The molecule has 0 spiro atoms. The maximum Gasteiger partial charge on any atom is 0.322 e. The molecular weight excluding hydrogens is 168 g/mol. The molecule has 4 nitrogen and oxygen atoms in total. The van der Waals surface area contributed by atoms with E-state index in [1.165, 1.54) is 0 Å². The van der Waals surface area contributed by atoms with Crippen LogP contribution in [-0.4, -0.2) is 25.2 Å². The summed E-state index contributed by atoms with van der Waals surface area (Å²) in [6.07, 6.45) is 3.30. The van der Waals surface area contributed by atoms with Gasteiger partial charge in [0.25, 0.3) is 0 Å². The number of ether oxygens (including phenoxy) is 1. The van der Waals surface area contributed by atoms with Crippen LogP contribution in [0.3, 0.4) is 0 Å². The molecule has 0 saturated carbocycles. The van der Waals surface area contributed by atoms with E-state index in [0.29, 0.717) is 19.6 Å². The summed E-state index contributed by atoms with van der Waals surface area (Å²) in [5.74, 6) is -0.304. The lowest BCUT2D eigenvalue weighted by atomic mass is 10.2. The van der Waals surface area contributed by atoms with Crippen molar-refractivity contribution < 1.29 is 9.53 Å². The lowest BCUT2D eigenvalue weighted by Gasteiger charge is -2.10. The zero-order chi connectivity index (χ0) is 10.1. The predicted molar refractivity (Wildman–Crippen MR) is 52.1 cm³/mol. The van der Waals surface area contributed by atoms with Gasteiger partial charge in [0, 0.05) is 0 Å². The molecule has 0 bridgehead atoms. The molecule has 13 heavy (non-hydrogen) atoms. The van der Waals surface area contributed by atoms with Crippen LogP contribution in [0.15, 0.2) is 0 Å². The number of hydrogen-bond acceptors (Lipinski definition) is 4. The number of hydrogen-bond donors (Lipinski definition) is 2. The van der Waals surface area contributed by atoms with Crippen LogP contribution in [0.4, 0.5) is 0 Å². The van der Waals surface area contributed by atoms with E-state index in [9.17, 15) is 4.79 Å². The number of unbranched alkanes of at least 4 members (excludes halogenated alkanes) is 1. The monoisotopic (exact) mass is 188 g/mol. The fourth-order valence-corrected chi connectivity index (χ4v) is 0.880. The number of nitrogens with two attached hydrogens (primary N) is 2. The molecule has 0 aromatic heterocycles. The lowest BCUT2D eigenvalue weighted by Crippen LogP contribution is -2.33. The highest BCUT2D eigenvalue weighted by molar-refractivity contribution is 5.75. The van der Waals surface area contributed by atoms with E-state index < -0.39 is 6.04 Å². The van der Waals surface area contributed by atoms with Crippen LogP contribution < -0.4 is 11.5 Å². The number of esters is 1. The van der Waals surface area contributed by atoms with Crippen LogP contribution in [0.25, 0.3) is 0 Å². The number of rotatable bonds is 7. The van der Waals surface area contributed by atoms with Crippen molar-refractivity contribution in [2.75, 3.05) is 13.2 Å². The van der Waals surface area contributed by atoms with Crippen molar-refractivity contribution in [2.45, 2.75) is 38.6 Å². The van der Waals surface area contributed by atoms with Crippen molar-refractivity contribution in [1.82, 2.24) is 0 Å². The van der Waals surface area contributed by atoms with Gasteiger partial charge in [0.15, 0.2) is 0 Å². The van der Waals surface area contributed by atoms with E-state index in [4.69, 9.17) is 16.2 Å². The van der Waals surface area contributed by atoms with Crippen molar-refractivity contribution >= 4 is 5.97 Å². The zero-order valence-corrected chi connectivity index (χ0v) is 8.29. The summed E-state index contributed by atoms with van der Waals surface area (Å²) >= 11 is 0. The molecule has 0 aromatic rings. The SMILES string of the molecule is CCCCOC(=O)[C@@H](N)CCCN. The predicted octanol–water partition coefficient (Wildman–Crippen LogP) is 0.396. The Bertz CT molecular complexity index is 140. The Morgan fingerprint density at radius 3 is 2.69 bits per heavy atom. The maximum absolute atomic E-state index is 11.1. The van der Waals surface area contributed by atoms with Crippen molar-refractivity contribution in [1.29, 1.82) is 0 Å². The minimum Gasteiger partial charge on any atom is -0.465 e. The Balaban J connectivity index is 3.45. The van der Waals surface area contributed by atoms with Gasteiger partial charge in [-0.3, -0.25) is 4.79 Å². The second-order valence-electron chi connectivity index (χ2n) is 3.06. The minimum absolute atomic E-state index is 0.304. The topological polar surface area (TPSA) is 78.3 Å². The van der Waals surface area contributed by atoms with Gasteiger partial charge in [-0.25, -0.2) is 0 Å². The third kappa shape index (κ3) is 6.54. The molecule has 0 amide bonds. The van der Waals surface area contributed by atoms with Crippen LogP contribution in [0, 0.1) is 0 Å². The number of carbonyl (C=O) groups is 1. The first kappa shape index (κ1) is 12.4. The highest BCUT2D eigenvalue weighted by Gasteiger charge is 2.13. The van der Waals surface area contributed by atoms with Gasteiger partial charge in [-0.1, -0.05) is 13.3 Å². The summed E-state index contributed by atoms with van der Waals surface area (Å²) in [5.41, 5.74) is 10.8. The van der Waals surface area contributed by atoms with E-state index in [-0.39, 0.29) is 5.97 Å². The molecule has 4 N–H and O–H groups in total. The molecule has 0 rings (SSSR count). The van der Waals surface area contributed by atoms with E-state index in [0.717, 1.165) is 19.3 Å². The molecule has 0 saturated heterocycles. The summed E-state index contributed by atoms with van der Waals surface area (Å²) in [5, 5.41) is 0. The molecule has 78 valence electrons. The first-order valence-electron chi connectivity index (χ1n) is 4.84. The number of carbonyl (C=O) groups excluding carboxylic acids is 1. The van der Waals surface area contributed by atoms with E-state index in [1.54, 1.807) is 0 Å². The standard InChI is InChI=1S/C9H20N2O2/c1-2-3-7-13-9(12)8(11)5-4-6-10/h8H,2-7,10-11H2,1H3/t8-/m0/s1. The van der Waals surface area contributed by atoms with Crippen LogP contribution in [0.1, 0.15) is 32.6 Å². The van der Waals surface area contributed by atoms with Gasteiger partial charge in [-0.05, 0) is 25.8 Å². The van der Waals surface area contributed by atoms with E-state index in [2.05, 4.69) is 0 Å². The summed E-state index contributed by atoms with van der Waals surface area (Å²) in [6, 6.07) is -0.500. The highest BCUT2D eigenvalue weighted by Crippen LogP contribution is 1.97. The van der Waals surface area contributed by atoms with Gasteiger partial charge in [-0.15, -0.1) is 0 Å². The van der Waals surface area contributed by atoms with Crippen LogP contribution in [0.5, 0.6) is 0 Å². The third-order valence-corrected chi connectivity index (χ3v) is 1.76. The summed E-state index contributed by atoms with van der Waals surface area (Å²) in [4.78, 5) is 11.1. The van der Waals surface area contributed by atoms with Crippen LogP contribution in [0.2, 0.25) is 0 Å². The Labute approximate surface area is 79.6 Å². The molecule has 0 unspecified atom stereocenters. The van der Waals surface area contributed by atoms with Crippen molar-refractivity contribution in [3.63, 3.8) is 0 Å². The third-order valence-electron chi connectivity index (χ3n) is 1.76. The van der Waals surface area contributed by atoms with Gasteiger partial charge in [0.1, 0.15) is 6.04 Å². The molecule has 0 heterocycles. The summed E-state index contributed by atoms with van der Waals surface area (Å²) in [6.45, 7) is 3.09. The van der Waals surface area contributed by atoms with E-state index >= 15 is 0 Å². The van der Waals surface area contributed by atoms with Crippen molar-refractivity contribution in [3.8, 4) is 0 Å².